The lowest BCUT2D eigenvalue weighted by Gasteiger charge is -2.21. The van der Waals surface area contributed by atoms with Crippen LogP contribution in [0.5, 0.6) is 0 Å². The third-order valence-corrected chi connectivity index (χ3v) is 1.53. The number of nitrogens with one attached hydrogen (secondary N) is 1. The molecular weight excluding hydrogens is 132 g/mol. The fraction of sp³-hybridized carbons (Fsp3) is 0.833. The van der Waals surface area contributed by atoms with Gasteiger partial charge < -0.3 is 15.8 Å². The molecular formula is C6H12N2O2. The normalized spacial score (nSPS) is 25.8. The lowest BCUT2D eigenvalue weighted by Crippen LogP contribution is -2.37. The number of nitrogens with two attached hydrogens (primary N) is 1. The highest BCUT2D eigenvalue weighted by Crippen LogP contribution is 2.04. The molecule has 1 heterocycles. The van der Waals surface area contributed by atoms with Gasteiger partial charge in [-0.1, -0.05) is 0 Å². The van der Waals surface area contributed by atoms with Crippen LogP contribution in [-0.2, 0) is 4.74 Å². The molecule has 3 N–H and O–H groups in total. The van der Waals surface area contributed by atoms with Gasteiger partial charge in [-0.05, 0) is 19.4 Å². The number of carbonyl (C=O) groups excluding carboxylic acids is 1. The first-order valence-electron chi connectivity index (χ1n) is 3.46. The van der Waals surface area contributed by atoms with E-state index in [1.165, 1.54) is 0 Å². The molecule has 0 aromatic heterocycles. The van der Waals surface area contributed by atoms with Crippen LogP contribution in [0.25, 0.3) is 0 Å². The first-order valence-corrected chi connectivity index (χ1v) is 3.46. The van der Waals surface area contributed by atoms with Crippen LogP contribution in [0, 0.1) is 0 Å². The van der Waals surface area contributed by atoms with Gasteiger partial charge in [0.05, 0.1) is 0 Å². The largest absolute Gasteiger partial charge is 0.445 e. The van der Waals surface area contributed by atoms with Gasteiger partial charge in [-0.2, -0.15) is 0 Å². The van der Waals surface area contributed by atoms with E-state index in [0.29, 0.717) is 0 Å². The summed E-state index contributed by atoms with van der Waals surface area (Å²) in [6.07, 6.45) is 1.30. The van der Waals surface area contributed by atoms with Gasteiger partial charge in [-0.15, -0.1) is 0 Å². The van der Waals surface area contributed by atoms with Crippen LogP contribution in [0.3, 0.4) is 0 Å². The Labute approximate surface area is 59.7 Å². The van der Waals surface area contributed by atoms with Crippen molar-refractivity contribution >= 4 is 6.09 Å². The van der Waals surface area contributed by atoms with Gasteiger partial charge in [0.1, 0.15) is 6.10 Å². The van der Waals surface area contributed by atoms with Crippen molar-refractivity contribution in [2.24, 2.45) is 5.73 Å². The van der Waals surface area contributed by atoms with E-state index in [9.17, 15) is 4.79 Å². The fourth-order valence-electron chi connectivity index (χ4n) is 1.08. The molecule has 0 aliphatic carbocycles. The van der Waals surface area contributed by atoms with Crippen LogP contribution in [-0.4, -0.2) is 25.3 Å². The fourth-order valence-corrected chi connectivity index (χ4v) is 1.08. The van der Waals surface area contributed by atoms with Crippen molar-refractivity contribution in [3.8, 4) is 0 Å². The van der Waals surface area contributed by atoms with Crippen LogP contribution in [0.1, 0.15) is 12.8 Å². The number of ether oxygens (including phenoxy) is 1. The summed E-state index contributed by atoms with van der Waals surface area (Å²) < 4.78 is 4.77. The first kappa shape index (κ1) is 7.34. The molecule has 4 heteroatoms. The molecule has 0 radical (unpaired) electrons. The minimum Gasteiger partial charge on any atom is -0.445 e. The van der Waals surface area contributed by atoms with Gasteiger partial charge in [-0.3, -0.25) is 0 Å². The lowest BCUT2D eigenvalue weighted by molar-refractivity contribution is 0.0904. The minimum atomic E-state index is -0.672. The van der Waals surface area contributed by atoms with Crippen LogP contribution < -0.4 is 11.1 Å². The molecule has 0 saturated carbocycles. The number of piperidine rings is 1. The maximum absolute atomic E-state index is 10.2. The zero-order valence-electron chi connectivity index (χ0n) is 5.80. The first-order chi connectivity index (χ1) is 4.79. The molecule has 1 rings (SSSR count). The Morgan fingerprint density at radius 1 is 1.70 bits per heavy atom. The van der Waals surface area contributed by atoms with Gasteiger partial charge >= 0.3 is 6.09 Å². The molecule has 1 aliphatic rings. The molecule has 0 aromatic carbocycles. The summed E-state index contributed by atoms with van der Waals surface area (Å²) in [5.74, 6) is 0. The van der Waals surface area contributed by atoms with Crippen LogP contribution in [0.15, 0.2) is 0 Å². The molecule has 1 amide bonds. The quantitative estimate of drug-likeness (QED) is 0.537. The van der Waals surface area contributed by atoms with E-state index < -0.39 is 6.09 Å². The average molecular weight is 144 g/mol. The third kappa shape index (κ3) is 2.23. The number of carbonyl (C=O) groups is 1. The predicted molar refractivity (Wildman–Crippen MR) is 36.6 cm³/mol. The van der Waals surface area contributed by atoms with E-state index in [-0.39, 0.29) is 6.10 Å². The number of hydrogen-bond acceptors (Lipinski definition) is 3. The molecule has 0 unspecified atom stereocenters. The molecule has 4 nitrogen and oxygen atoms in total. The SMILES string of the molecule is NC(=O)O[C@H]1CCCNC1. The Morgan fingerprint density at radius 2 is 2.50 bits per heavy atom. The standard InChI is InChI=1S/C6H12N2O2/c7-6(9)10-5-2-1-3-8-4-5/h5,8H,1-4H2,(H2,7,9)/t5-/m0/s1. The van der Waals surface area contributed by atoms with Gasteiger partial charge in [0.2, 0.25) is 0 Å². The van der Waals surface area contributed by atoms with E-state index in [0.717, 1.165) is 25.9 Å². The Bertz CT molecular complexity index is 121. The third-order valence-electron chi connectivity index (χ3n) is 1.53. The summed E-state index contributed by atoms with van der Waals surface area (Å²) in [5.41, 5.74) is 4.83. The highest BCUT2D eigenvalue weighted by molar-refractivity contribution is 5.64. The number of hydrogen-bond donors (Lipinski definition) is 2. The second-order valence-electron chi connectivity index (χ2n) is 2.41. The van der Waals surface area contributed by atoms with Gasteiger partial charge in [0.25, 0.3) is 0 Å². The molecule has 1 fully saturated rings. The molecule has 0 bridgehead atoms. The second-order valence-corrected chi connectivity index (χ2v) is 2.41. The van der Waals surface area contributed by atoms with Crippen molar-refractivity contribution in [1.82, 2.24) is 5.32 Å². The monoisotopic (exact) mass is 144 g/mol. The van der Waals surface area contributed by atoms with Crippen molar-refractivity contribution < 1.29 is 9.53 Å². The Morgan fingerprint density at radius 3 is 3.00 bits per heavy atom. The van der Waals surface area contributed by atoms with Crippen LogP contribution in [0.4, 0.5) is 4.79 Å². The number of rotatable bonds is 1. The number of primary amides is 1. The summed E-state index contributed by atoms with van der Waals surface area (Å²) in [6, 6.07) is 0. The highest BCUT2D eigenvalue weighted by Gasteiger charge is 2.14. The van der Waals surface area contributed by atoms with Gasteiger partial charge in [-0.25, -0.2) is 4.79 Å². The molecule has 1 atom stereocenters. The zero-order valence-corrected chi connectivity index (χ0v) is 5.80. The average Bonchev–Trinajstić information content (AvgIpc) is 1.88. The van der Waals surface area contributed by atoms with Gasteiger partial charge in [0.15, 0.2) is 0 Å². The molecule has 10 heavy (non-hydrogen) atoms. The van der Waals surface area contributed by atoms with Crippen molar-refractivity contribution in [3.05, 3.63) is 0 Å². The summed E-state index contributed by atoms with van der Waals surface area (Å²) >= 11 is 0. The van der Waals surface area contributed by atoms with Crippen LogP contribution >= 0.6 is 0 Å². The van der Waals surface area contributed by atoms with Crippen molar-refractivity contribution in [2.75, 3.05) is 13.1 Å². The molecule has 0 aromatic rings. The highest BCUT2D eigenvalue weighted by atomic mass is 16.6. The number of amides is 1. The Kier molecular flexibility index (Phi) is 2.50. The lowest BCUT2D eigenvalue weighted by atomic mass is 10.1. The summed E-state index contributed by atoms with van der Waals surface area (Å²) in [4.78, 5) is 10.2. The maximum atomic E-state index is 10.2. The summed E-state index contributed by atoms with van der Waals surface area (Å²) in [6.45, 7) is 1.75. The Hall–Kier alpha value is -0.770. The molecule has 58 valence electrons. The smallest absolute Gasteiger partial charge is 0.404 e. The van der Waals surface area contributed by atoms with Crippen LogP contribution in [0.2, 0.25) is 0 Å². The second kappa shape index (κ2) is 3.41. The summed E-state index contributed by atoms with van der Waals surface area (Å²) in [5, 5.41) is 3.11. The van der Waals surface area contributed by atoms with E-state index in [4.69, 9.17) is 10.5 Å². The maximum Gasteiger partial charge on any atom is 0.404 e. The van der Waals surface area contributed by atoms with Crippen molar-refractivity contribution in [2.45, 2.75) is 18.9 Å². The van der Waals surface area contributed by atoms with Crippen molar-refractivity contribution in [1.29, 1.82) is 0 Å². The van der Waals surface area contributed by atoms with Gasteiger partial charge in [0, 0.05) is 6.54 Å². The van der Waals surface area contributed by atoms with E-state index >= 15 is 0 Å². The molecule has 0 spiro atoms. The van der Waals surface area contributed by atoms with Crippen molar-refractivity contribution in [3.63, 3.8) is 0 Å². The minimum absolute atomic E-state index is 0.00810. The molecule has 1 saturated heterocycles. The Balaban J connectivity index is 2.19. The topological polar surface area (TPSA) is 64.4 Å². The predicted octanol–water partition coefficient (Wildman–Crippen LogP) is -0.166. The van der Waals surface area contributed by atoms with E-state index in [2.05, 4.69) is 5.32 Å². The van der Waals surface area contributed by atoms with E-state index in [1.54, 1.807) is 0 Å². The van der Waals surface area contributed by atoms with E-state index in [1.807, 2.05) is 0 Å². The summed E-state index contributed by atoms with van der Waals surface area (Å²) in [7, 11) is 0. The molecule has 1 aliphatic heterocycles. The zero-order chi connectivity index (χ0) is 7.40.